The topological polar surface area (TPSA) is 89.7 Å². The summed E-state index contributed by atoms with van der Waals surface area (Å²) in [5.74, 6) is -2.03. The number of thiazole rings is 1. The van der Waals surface area contributed by atoms with Crippen molar-refractivity contribution in [3.8, 4) is 0 Å². The second-order valence-corrected chi connectivity index (χ2v) is 12.1. The average Bonchev–Trinajstić information content (AvgIpc) is 3.64. The molecule has 1 saturated heterocycles. The van der Waals surface area contributed by atoms with E-state index in [1.807, 2.05) is 0 Å². The lowest BCUT2D eigenvalue weighted by Crippen LogP contribution is -2.48. The maximum atomic E-state index is 14.2. The zero-order valence-corrected chi connectivity index (χ0v) is 23.0. The molecule has 1 amide bonds. The minimum absolute atomic E-state index is 0.122. The Hall–Kier alpha value is -3.20. The van der Waals surface area contributed by atoms with Gasteiger partial charge in [-0.25, -0.2) is 13.8 Å². The van der Waals surface area contributed by atoms with E-state index in [2.05, 4.69) is 15.2 Å². The Morgan fingerprint density at radius 1 is 1.25 bits per heavy atom. The number of rotatable bonds is 6. The zero-order valence-electron chi connectivity index (χ0n) is 21.3. The lowest BCUT2D eigenvalue weighted by Gasteiger charge is -2.37. The van der Waals surface area contributed by atoms with Crippen molar-refractivity contribution in [2.24, 2.45) is 5.16 Å². The molecule has 5 rings (SSSR count). The van der Waals surface area contributed by atoms with Crippen molar-refractivity contribution >= 4 is 33.8 Å². The number of amides is 1. The summed E-state index contributed by atoms with van der Waals surface area (Å²) in [6.45, 7) is 1.28. The fourth-order valence-corrected chi connectivity index (χ4v) is 6.95. The molecule has 15 heteroatoms. The molecule has 2 aliphatic rings. The SMILES string of the molecule is Cc1cc(C(F)(F)F)nn1CC(=O)N1CCC(c2nc(C3=NOC(c4c(F)cccc4F)C3)cs2)CC1S(C)=O. The number of alkyl halides is 3. The second-order valence-electron chi connectivity index (χ2n) is 9.63. The molecule has 0 bridgehead atoms. The van der Waals surface area contributed by atoms with Crippen LogP contribution in [0.15, 0.2) is 34.8 Å². The largest absolute Gasteiger partial charge is 0.435 e. The number of benzene rings is 1. The number of nitrogens with zero attached hydrogens (tertiary/aromatic N) is 5. The molecular formula is C25H24F5N5O3S2. The van der Waals surface area contributed by atoms with Crippen LogP contribution in [0.25, 0.3) is 0 Å². The van der Waals surface area contributed by atoms with Gasteiger partial charge in [0.25, 0.3) is 0 Å². The number of piperidine rings is 1. The van der Waals surface area contributed by atoms with Crippen LogP contribution in [0.2, 0.25) is 0 Å². The molecule has 2 aliphatic heterocycles. The first kappa shape index (κ1) is 28.3. The van der Waals surface area contributed by atoms with Crippen LogP contribution in [-0.2, 0) is 33.2 Å². The Kier molecular flexibility index (Phi) is 7.79. The molecule has 4 unspecified atom stereocenters. The second kappa shape index (κ2) is 11.0. The van der Waals surface area contributed by atoms with E-state index in [0.717, 1.165) is 27.9 Å². The molecule has 2 aromatic heterocycles. The van der Waals surface area contributed by atoms with Crippen molar-refractivity contribution in [1.82, 2.24) is 19.7 Å². The third kappa shape index (κ3) is 5.66. The van der Waals surface area contributed by atoms with Gasteiger partial charge in [0.1, 0.15) is 29.3 Å². The zero-order chi connectivity index (χ0) is 28.8. The Bertz CT molecular complexity index is 1470. The van der Waals surface area contributed by atoms with Gasteiger partial charge in [-0.2, -0.15) is 18.3 Å². The first-order valence-electron chi connectivity index (χ1n) is 12.3. The minimum atomic E-state index is -4.62. The third-order valence-corrected chi connectivity index (χ3v) is 9.19. The first-order valence-corrected chi connectivity index (χ1v) is 14.8. The van der Waals surface area contributed by atoms with E-state index in [4.69, 9.17) is 4.84 Å². The highest BCUT2D eigenvalue weighted by Gasteiger charge is 2.38. The Morgan fingerprint density at radius 3 is 2.62 bits per heavy atom. The van der Waals surface area contributed by atoms with Gasteiger partial charge in [0.05, 0.1) is 16.3 Å². The summed E-state index contributed by atoms with van der Waals surface area (Å²) < 4.78 is 81.0. The summed E-state index contributed by atoms with van der Waals surface area (Å²) in [5, 5.41) is 9.36. The summed E-state index contributed by atoms with van der Waals surface area (Å²) in [4.78, 5) is 24.5. The number of halogens is 5. The predicted octanol–water partition coefficient (Wildman–Crippen LogP) is 4.92. The number of oxime groups is 1. The smallest absolute Gasteiger partial charge is 0.387 e. The molecule has 214 valence electrons. The standard InChI is InChI=1S/C25H24F5N5O3S2/c1-13-8-20(25(28,29)30)32-35(13)11-21(36)34-7-6-14(9-22(34)40(2)37)24-31-18(12-39-24)17-10-19(38-33-17)23-15(26)4-3-5-16(23)27/h3-5,8,12,14,19,22H,6-7,9-11H2,1-2H3. The van der Waals surface area contributed by atoms with Crippen LogP contribution < -0.4 is 0 Å². The van der Waals surface area contributed by atoms with Crippen LogP contribution in [0.4, 0.5) is 22.0 Å². The number of aryl methyl sites for hydroxylation is 1. The lowest BCUT2D eigenvalue weighted by atomic mass is 9.97. The predicted molar refractivity (Wildman–Crippen MR) is 137 cm³/mol. The van der Waals surface area contributed by atoms with Crippen molar-refractivity contribution in [3.05, 3.63) is 68.9 Å². The van der Waals surface area contributed by atoms with Crippen molar-refractivity contribution < 1.29 is 35.8 Å². The summed E-state index contributed by atoms with van der Waals surface area (Å²) in [7, 11) is -1.44. The number of aromatic nitrogens is 3. The summed E-state index contributed by atoms with van der Waals surface area (Å²) in [5.41, 5.74) is -0.108. The van der Waals surface area contributed by atoms with E-state index in [9.17, 15) is 31.0 Å². The van der Waals surface area contributed by atoms with Gasteiger partial charge in [0.2, 0.25) is 5.91 Å². The number of carbonyl (C=O) groups is 1. The Balaban J connectivity index is 1.25. The van der Waals surface area contributed by atoms with Crippen molar-refractivity contribution in [2.45, 2.75) is 56.3 Å². The van der Waals surface area contributed by atoms with Gasteiger partial charge in [-0.05, 0) is 38.0 Å². The van der Waals surface area contributed by atoms with Gasteiger partial charge in [0, 0.05) is 47.0 Å². The minimum Gasteiger partial charge on any atom is -0.387 e. The molecule has 4 heterocycles. The van der Waals surface area contributed by atoms with E-state index < -0.39 is 58.2 Å². The van der Waals surface area contributed by atoms with Crippen molar-refractivity contribution in [2.75, 3.05) is 12.8 Å². The van der Waals surface area contributed by atoms with Gasteiger partial charge >= 0.3 is 6.18 Å². The highest BCUT2D eigenvalue weighted by molar-refractivity contribution is 7.84. The molecule has 4 atom stereocenters. The molecule has 8 nitrogen and oxygen atoms in total. The van der Waals surface area contributed by atoms with Gasteiger partial charge in [-0.3, -0.25) is 13.7 Å². The van der Waals surface area contributed by atoms with Gasteiger partial charge < -0.3 is 9.74 Å². The number of likely N-dealkylation sites (tertiary alicyclic amines) is 1. The molecule has 0 N–H and O–H groups in total. The van der Waals surface area contributed by atoms with Crippen molar-refractivity contribution in [1.29, 1.82) is 0 Å². The monoisotopic (exact) mass is 601 g/mol. The fraction of sp³-hybridized carbons (Fsp3) is 0.440. The Labute approximate surface area is 232 Å². The molecular weight excluding hydrogens is 577 g/mol. The number of hydrogen-bond acceptors (Lipinski definition) is 7. The third-order valence-electron chi connectivity index (χ3n) is 6.97. The average molecular weight is 602 g/mol. The number of carbonyl (C=O) groups excluding carboxylic acids is 1. The van der Waals surface area contributed by atoms with Gasteiger partial charge in [-0.1, -0.05) is 11.2 Å². The molecule has 0 radical (unpaired) electrons. The molecule has 3 aromatic rings. The summed E-state index contributed by atoms with van der Waals surface area (Å²) >= 11 is 1.36. The van der Waals surface area contributed by atoms with E-state index >= 15 is 0 Å². The summed E-state index contributed by atoms with van der Waals surface area (Å²) in [6.07, 6.45) is -3.06. The fourth-order valence-electron chi connectivity index (χ4n) is 4.89. The van der Waals surface area contributed by atoms with Crippen molar-refractivity contribution in [3.63, 3.8) is 0 Å². The van der Waals surface area contributed by atoms with E-state index in [-0.39, 0.29) is 30.1 Å². The molecule has 40 heavy (non-hydrogen) atoms. The van der Waals surface area contributed by atoms with E-state index in [1.165, 1.54) is 35.5 Å². The first-order chi connectivity index (χ1) is 18.9. The quantitative estimate of drug-likeness (QED) is 0.374. The maximum Gasteiger partial charge on any atom is 0.435 e. The number of hydrogen-bond donors (Lipinski definition) is 0. The molecule has 0 aliphatic carbocycles. The lowest BCUT2D eigenvalue weighted by molar-refractivity contribution is -0.142. The molecule has 0 spiro atoms. The highest BCUT2D eigenvalue weighted by Crippen LogP contribution is 2.37. The summed E-state index contributed by atoms with van der Waals surface area (Å²) in [6, 6.07) is 4.46. The highest BCUT2D eigenvalue weighted by atomic mass is 32.2. The van der Waals surface area contributed by atoms with Crippen LogP contribution in [0.1, 0.15) is 58.9 Å². The van der Waals surface area contributed by atoms with Gasteiger partial charge in [0.15, 0.2) is 11.8 Å². The van der Waals surface area contributed by atoms with Gasteiger partial charge in [-0.15, -0.1) is 11.3 Å². The van der Waals surface area contributed by atoms with Crippen LogP contribution in [0.5, 0.6) is 0 Å². The normalized spacial score (nSPS) is 22.2. The molecule has 1 aromatic carbocycles. The van der Waals surface area contributed by atoms with E-state index in [1.54, 1.807) is 5.38 Å². The van der Waals surface area contributed by atoms with Crippen LogP contribution >= 0.6 is 11.3 Å². The van der Waals surface area contributed by atoms with E-state index in [0.29, 0.717) is 24.2 Å². The van der Waals surface area contributed by atoms with Crippen LogP contribution in [0.3, 0.4) is 0 Å². The van der Waals surface area contributed by atoms with Crippen LogP contribution in [-0.4, -0.2) is 53.7 Å². The molecule has 0 saturated carbocycles. The Morgan fingerprint density at radius 2 is 1.98 bits per heavy atom. The maximum absolute atomic E-state index is 14.2. The molecule has 1 fully saturated rings. The van der Waals surface area contributed by atoms with Crippen LogP contribution in [0, 0.1) is 18.6 Å².